The fourth-order valence-corrected chi connectivity index (χ4v) is 4.21. The Morgan fingerprint density at radius 1 is 0.571 bits per heavy atom. The summed E-state index contributed by atoms with van der Waals surface area (Å²) in [5.74, 6) is 0. The Kier molecular flexibility index (Phi) is 4.61. The van der Waals surface area contributed by atoms with E-state index in [0.29, 0.717) is 6.61 Å². The van der Waals surface area contributed by atoms with Crippen molar-refractivity contribution in [3.63, 3.8) is 0 Å². The standard InChI is InChI=1S/C19H17OSi/c1-4-10-17(11-5-1)16-20-21(18-12-6-2-7-13-18)19-14-8-3-9-15-19/h1-15H,16H2. The van der Waals surface area contributed by atoms with Crippen molar-refractivity contribution in [3.8, 4) is 0 Å². The monoisotopic (exact) mass is 289 g/mol. The fourth-order valence-electron chi connectivity index (χ4n) is 2.24. The summed E-state index contributed by atoms with van der Waals surface area (Å²) in [6.07, 6.45) is 0. The molecule has 0 atom stereocenters. The molecule has 3 rings (SSSR count). The Labute approximate surface area is 127 Å². The van der Waals surface area contributed by atoms with E-state index in [4.69, 9.17) is 4.43 Å². The highest BCUT2D eigenvalue weighted by molar-refractivity contribution is 6.79. The summed E-state index contributed by atoms with van der Waals surface area (Å²) in [5, 5.41) is 2.56. The molecule has 0 aliphatic rings. The third kappa shape index (κ3) is 3.69. The second kappa shape index (κ2) is 7.02. The van der Waals surface area contributed by atoms with E-state index in [1.54, 1.807) is 0 Å². The van der Waals surface area contributed by atoms with E-state index in [9.17, 15) is 0 Å². The zero-order valence-electron chi connectivity index (χ0n) is 11.8. The Morgan fingerprint density at radius 2 is 1.00 bits per heavy atom. The van der Waals surface area contributed by atoms with E-state index in [0.717, 1.165) is 0 Å². The molecule has 0 unspecified atom stereocenters. The lowest BCUT2D eigenvalue weighted by atomic mass is 10.2. The van der Waals surface area contributed by atoms with E-state index in [1.807, 2.05) is 18.2 Å². The largest absolute Gasteiger partial charge is 0.403 e. The zero-order chi connectivity index (χ0) is 14.3. The Balaban J connectivity index is 1.83. The highest BCUT2D eigenvalue weighted by Gasteiger charge is 2.18. The van der Waals surface area contributed by atoms with Gasteiger partial charge in [-0.05, 0) is 15.9 Å². The second-order valence-electron chi connectivity index (χ2n) is 4.84. The summed E-state index contributed by atoms with van der Waals surface area (Å²) < 4.78 is 6.30. The van der Waals surface area contributed by atoms with Crippen LogP contribution in [0, 0.1) is 0 Å². The first-order valence-corrected chi connectivity index (χ1v) is 8.49. The molecule has 3 aromatic rings. The van der Waals surface area contributed by atoms with Crippen molar-refractivity contribution >= 4 is 19.4 Å². The smallest absolute Gasteiger partial charge is 0.283 e. The Morgan fingerprint density at radius 3 is 1.48 bits per heavy atom. The van der Waals surface area contributed by atoms with Gasteiger partial charge in [-0.25, -0.2) is 0 Å². The lowest BCUT2D eigenvalue weighted by Crippen LogP contribution is -2.44. The average Bonchev–Trinajstić information content (AvgIpc) is 2.58. The van der Waals surface area contributed by atoms with Crippen LogP contribution in [0.25, 0.3) is 0 Å². The summed E-state index contributed by atoms with van der Waals surface area (Å²) in [5.41, 5.74) is 1.21. The molecule has 1 radical (unpaired) electrons. The first kappa shape index (κ1) is 13.8. The van der Waals surface area contributed by atoms with Gasteiger partial charge in [-0.2, -0.15) is 0 Å². The molecule has 0 aromatic heterocycles. The molecule has 1 nitrogen and oxygen atoms in total. The summed E-state index contributed by atoms with van der Waals surface area (Å²) in [6, 6.07) is 31.4. The van der Waals surface area contributed by atoms with Gasteiger partial charge in [0.05, 0.1) is 6.61 Å². The van der Waals surface area contributed by atoms with Crippen molar-refractivity contribution in [3.05, 3.63) is 96.6 Å². The van der Waals surface area contributed by atoms with Crippen molar-refractivity contribution in [2.45, 2.75) is 6.61 Å². The molecule has 0 saturated heterocycles. The molecule has 0 heterocycles. The third-order valence-electron chi connectivity index (χ3n) is 3.30. The third-order valence-corrected chi connectivity index (χ3v) is 5.45. The first-order chi connectivity index (χ1) is 10.4. The lowest BCUT2D eigenvalue weighted by molar-refractivity contribution is 0.321. The highest BCUT2D eigenvalue weighted by atomic mass is 28.3. The van der Waals surface area contributed by atoms with E-state index in [2.05, 4.69) is 72.8 Å². The SMILES string of the molecule is c1ccc(CO[Si](c2ccccc2)c2ccccc2)cc1. The molecule has 2 heteroatoms. The van der Waals surface area contributed by atoms with Crippen LogP contribution in [0.2, 0.25) is 0 Å². The van der Waals surface area contributed by atoms with Crippen LogP contribution in [0.15, 0.2) is 91.0 Å². The van der Waals surface area contributed by atoms with E-state index in [1.165, 1.54) is 15.9 Å². The van der Waals surface area contributed by atoms with E-state index in [-0.39, 0.29) is 0 Å². The van der Waals surface area contributed by atoms with Gasteiger partial charge in [0.1, 0.15) is 0 Å². The van der Waals surface area contributed by atoms with Gasteiger partial charge >= 0.3 is 0 Å². The maximum Gasteiger partial charge on any atom is 0.283 e. The molecule has 0 amide bonds. The van der Waals surface area contributed by atoms with E-state index >= 15 is 0 Å². The van der Waals surface area contributed by atoms with Crippen molar-refractivity contribution in [2.24, 2.45) is 0 Å². The predicted octanol–water partition coefficient (Wildman–Crippen LogP) is 3.01. The molecular formula is C19H17OSi. The number of hydrogen-bond acceptors (Lipinski definition) is 1. The van der Waals surface area contributed by atoms with Gasteiger partial charge in [-0.1, -0.05) is 91.0 Å². The minimum atomic E-state index is -1.20. The number of hydrogen-bond donors (Lipinski definition) is 0. The first-order valence-electron chi connectivity index (χ1n) is 7.08. The molecule has 0 aliphatic heterocycles. The Hall–Kier alpha value is -2.16. The van der Waals surface area contributed by atoms with Crippen LogP contribution < -0.4 is 10.4 Å². The molecule has 103 valence electrons. The molecule has 0 fully saturated rings. The topological polar surface area (TPSA) is 9.23 Å². The van der Waals surface area contributed by atoms with Gasteiger partial charge in [0, 0.05) is 0 Å². The minimum Gasteiger partial charge on any atom is -0.403 e. The van der Waals surface area contributed by atoms with Gasteiger partial charge in [0.2, 0.25) is 0 Å². The average molecular weight is 289 g/mol. The van der Waals surface area contributed by atoms with Gasteiger partial charge in [0.15, 0.2) is 0 Å². The zero-order valence-corrected chi connectivity index (χ0v) is 12.8. The van der Waals surface area contributed by atoms with Crippen LogP contribution in [0.5, 0.6) is 0 Å². The maximum absolute atomic E-state index is 6.30. The Bertz CT molecular complexity index is 613. The normalized spacial score (nSPS) is 10.7. The van der Waals surface area contributed by atoms with Crippen LogP contribution in [-0.2, 0) is 11.0 Å². The fraction of sp³-hybridized carbons (Fsp3) is 0.0526. The summed E-state index contributed by atoms with van der Waals surface area (Å²) >= 11 is 0. The molecule has 0 spiro atoms. The van der Waals surface area contributed by atoms with Gasteiger partial charge in [0.25, 0.3) is 9.04 Å². The lowest BCUT2D eigenvalue weighted by Gasteiger charge is -2.16. The van der Waals surface area contributed by atoms with Crippen LogP contribution in [-0.4, -0.2) is 9.04 Å². The summed E-state index contributed by atoms with van der Waals surface area (Å²) in [4.78, 5) is 0. The molecule has 0 aliphatic carbocycles. The van der Waals surface area contributed by atoms with Crippen molar-refractivity contribution in [1.82, 2.24) is 0 Å². The van der Waals surface area contributed by atoms with Gasteiger partial charge in [-0.15, -0.1) is 0 Å². The molecular weight excluding hydrogens is 272 g/mol. The van der Waals surface area contributed by atoms with E-state index < -0.39 is 9.04 Å². The van der Waals surface area contributed by atoms with Crippen LogP contribution in [0.1, 0.15) is 5.56 Å². The van der Waals surface area contributed by atoms with Gasteiger partial charge < -0.3 is 4.43 Å². The minimum absolute atomic E-state index is 0.652. The second-order valence-corrected chi connectivity index (χ2v) is 6.94. The van der Waals surface area contributed by atoms with Crippen LogP contribution in [0.4, 0.5) is 0 Å². The van der Waals surface area contributed by atoms with Crippen molar-refractivity contribution < 1.29 is 4.43 Å². The van der Waals surface area contributed by atoms with Crippen LogP contribution in [0.3, 0.4) is 0 Å². The summed E-state index contributed by atoms with van der Waals surface area (Å²) in [6.45, 7) is 0.652. The maximum atomic E-state index is 6.30. The quantitative estimate of drug-likeness (QED) is 0.656. The molecule has 0 saturated carbocycles. The highest BCUT2D eigenvalue weighted by Crippen LogP contribution is 2.03. The van der Waals surface area contributed by atoms with Crippen molar-refractivity contribution in [1.29, 1.82) is 0 Å². The molecule has 0 N–H and O–H groups in total. The number of rotatable bonds is 5. The molecule has 3 aromatic carbocycles. The number of benzene rings is 3. The molecule has 21 heavy (non-hydrogen) atoms. The van der Waals surface area contributed by atoms with Crippen LogP contribution >= 0.6 is 0 Å². The van der Waals surface area contributed by atoms with Gasteiger partial charge in [-0.3, -0.25) is 0 Å². The molecule has 0 bridgehead atoms. The predicted molar refractivity (Wildman–Crippen MR) is 89.1 cm³/mol. The summed E-state index contributed by atoms with van der Waals surface area (Å²) in [7, 11) is -1.20. The van der Waals surface area contributed by atoms with Crippen molar-refractivity contribution in [2.75, 3.05) is 0 Å².